The molecular weight excluding hydrogens is 240 g/mol. The average molecular weight is 264 g/mol. The number of nitrogens with zero attached hydrogens (tertiary/aromatic N) is 2. The van der Waals surface area contributed by atoms with E-state index in [4.69, 9.17) is 5.73 Å². The minimum absolute atomic E-state index is 0.242. The van der Waals surface area contributed by atoms with Crippen molar-refractivity contribution >= 4 is 5.91 Å². The number of aryl methyl sites for hydroxylation is 2. The number of hydrogen-bond donors (Lipinski definition) is 2. The largest absolute Gasteiger partial charge is 0.368 e. The first-order valence-corrected chi connectivity index (χ1v) is 6.94. The maximum absolute atomic E-state index is 11.9. The fourth-order valence-corrected chi connectivity index (χ4v) is 3.22. The Labute approximate surface area is 114 Å². The molecule has 0 aliphatic heterocycles. The zero-order valence-electron chi connectivity index (χ0n) is 12.2. The maximum atomic E-state index is 11.9. The first-order valence-electron chi connectivity index (χ1n) is 6.94. The van der Waals surface area contributed by atoms with E-state index in [-0.39, 0.29) is 18.0 Å². The van der Waals surface area contributed by atoms with Crippen molar-refractivity contribution < 1.29 is 4.79 Å². The summed E-state index contributed by atoms with van der Waals surface area (Å²) in [6.45, 7) is 8.13. The van der Waals surface area contributed by atoms with Crippen LogP contribution in [0.4, 0.5) is 0 Å². The molecular formula is C14H24N4O. The van der Waals surface area contributed by atoms with Crippen LogP contribution in [0.1, 0.15) is 50.5 Å². The zero-order chi connectivity index (χ0) is 14.2. The predicted molar refractivity (Wildman–Crippen MR) is 74.8 cm³/mol. The van der Waals surface area contributed by atoms with Crippen molar-refractivity contribution in [2.45, 2.75) is 64.6 Å². The van der Waals surface area contributed by atoms with Gasteiger partial charge in [-0.1, -0.05) is 0 Å². The summed E-state index contributed by atoms with van der Waals surface area (Å²) in [5.41, 5.74) is 7.22. The Balaban J connectivity index is 2.21. The van der Waals surface area contributed by atoms with Crippen LogP contribution < -0.4 is 11.1 Å². The van der Waals surface area contributed by atoms with Crippen LogP contribution in [0.2, 0.25) is 0 Å². The van der Waals surface area contributed by atoms with Crippen molar-refractivity contribution in [1.29, 1.82) is 0 Å². The molecule has 19 heavy (non-hydrogen) atoms. The molecule has 0 spiro atoms. The molecule has 1 fully saturated rings. The normalized spacial score (nSPS) is 27.1. The highest BCUT2D eigenvalue weighted by molar-refractivity contribution is 5.85. The van der Waals surface area contributed by atoms with Gasteiger partial charge in [0.15, 0.2) is 0 Å². The van der Waals surface area contributed by atoms with E-state index in [1.807, 2.05) is 25.5 Å². The van der Waals surface area contributed by atoms with Gasteiger partial charge in [0.25, 0.3) is 0 Å². The van der Waals surface area contributed by atoms with Crippen molar-refractivity contribution in [3.05, 3.63) is 17.5 Å². The fraction of sp³-hybridized carbons (Fsp3) is 0.714. The van der Waals surface area contributed by atoms with Crippen LogP contribution in [-0.2, 0) is 4.79 Å². The average Bonchev–Trinajstić information content (AvgIpc) is 2.82. The molecule has 0 saturated heterocycles. The summed E-state index contributed by atoms with van der Waals surface area (Å²) in [5, 5.41) is 7.90. The Morgan fingerprint density at radius 3 is 2.74 bits per heavy atom. The fourth-order valence-electron chi connectivity index (χ4n) is 3.22. The number of nitrogens with one attached hydrogen (secondary N) is 1. The lowest BCUT2D eigenvalue weighted by molar-refractivity contribution is -0.124. The molecule has 1 heterocycles. The van der Waals surface area contributed by atoms with E-state index in [2.05, 4.69) is 23.4 Å². The lowest BCUT2D eigenvalue weighted by atomic mass is 9.95. The number of aromatic nitrogens is 2. The standard InChI is InChI=1S/C14H24N4O/c1-9(2)16-14(13(15)19)6-5-12(8-14)18-11(4)7-10(3)17-18/h7,9,12,16H,5-6,8H2,1-4H3,(H2,15,19). The quantitative estimate of drug-likeness (QED) is 0.864. The summed E-state index contributed by atoms with van der Waals surface area (Å²) in [6.07, 6.45) is 2.44. The highest BCUT2D eigenvalue weighted by Crippen LogP contribution is 2.38. The Morgan fingerprint density at radius 2 is 2.26 bits per heavy atom. The van der Waals surface area contributed by atoms with Gasteiger partial charge in [0.05, 0.1) is 17.3 Å². The highest BCUT2D eigenvalue weighted by Gasteiger charge is 2.45. The molecule has 1 aliphatic rings. The minimum atomic E-state index is -0.578. The van der Waals surface area contributed by atoms with Crippen LogP contribution in [0, 0.1) is 13.8 Å². The molecule has 0 aromatic carbocycles. The van der Waals surface area contributed by atoms with Crippen LogP contribution in [-0.4, -0.2) is 27.3 Å². The first kappa shape index (κ1) is 14.1. The lowest BCUT2D eigenvalue weighted by Crippen LogP contribution is -2.56. The Morgan fingerprint density at radius 1 is 1.58 bits per heavy atom. The van der Waals surface area contributed by atoms with Crippen molar-refractivity contribution in [1.82, 2.24) is 15.1 Å². The third kappa shape index (κ3) is 2.66. The molecule has 0 bridgehead atoms. The minimum Gasteiger partial charge on any atom is -0.368 e. The number of amides is 1. The van der Waals surface area contributed by atoms with Gasteiger partial charge in [-0.15, -0.1) is 0 Å². The molecule has 5 heteroatoms. The topological polar surface area (TPSA) is 72.9 Å². The molecule has 2 rings (SSSR count). The molecule has 106 valence electrons. The molecule has 2 unspecified atom stereocenters. The predicted octanol–water partition coefficient (Wildman–Crippen LogP) is 1.45. The van der Waals surface area contributed by atoms with Gasteiger partial charge in [0, 0.05) is 11.7 Å². The van der Waals surface area contributed by atoms with Crippen LogP contribution in [0.5, 0.6) is 0 Å². The van der Waals surface area contributed by atoms with Crippen molar-refractivity contribution in [3.8, 4) is 0 Å². The molecule has 1 aromatic rings. The van der Waals surface area contributed by atoms with Gasteiger partial charge in [-0.3, -0.25) is 9.48 Å². The van der Waals surface area contributed by atoms with Gasteiger partial charge in [-0.05, 0) is 53.0 Å². The number of carbonyl (C=O) groups excluding carboxylic acids is 1. The molecule has 5 nitrogen and oxygen atoms in total. The van der Waals surface area contributed by atoms with Gasteiger partial charge in [0.1, 0.15) is 0 Å². The summed E-state index contributed by atoms with van der Waals surface area (Å²) < 4.78 is 2.04. The van der Waals surface area contributed by atoms with Gasteiger partial charge >= 0.3 is 0 Å². The second-order valence-electron chi connectivity index (χ2n) is 6.01. The number of primary amides is 1. The second kappa shape index (κ2) is 4.96. The summed E-state index contributed by atoms with van der Waals surface area (Å²) in [7, 11) is 0. The monoisotopic (exact) mass is 264 g/mol. The Hall–Kier alpha value is -1.36. The maximum Gasteiger partial charge on any atom is 0.237 e. The van der Waals surface area contributed by atoms with E-state index < -0.39 is 5.54 Å². The van der Waals surface area contributed by atoms with Crippen LogP contribution in [0.15, 0.2) is 6.07 Å². The summed E-state index contributed by atoms with van der Waals surface area (Å²) >= 11 is 0. The molecule has 1 aliphatic carbocycles. The van der Waals surface area contributed by atoms with Crippen molar-refractivity contribution in [2.24, 2.45) is 5.73 Å². The van der Waals surface area contributed by atoms with Gasteiger partial charge in [0.2, 0.25) is 5.91 Å². The van der Waals surface area contributed by atoms with Crippen LogP contribution in [0.3, 0.4) is 0 Å². The number of nitrogens with two attached hydrogens (primary N) is 1. The van der Waals surface area contributed by atoms with Gasteiger partial charge in [-0.25, -0.2) is 0 Å². The second-order valence-corrected chi connectivity index (χ2v) is 6.01. The van der Waals surface area contributed by atoms with Crippen molar-refractivity contribution in [2.75, 3.05) is 0 Å². The molecule has 0 radical (unpaired) electrons. The SMILES string of the molecule is Cc1cc(C)n(C2CCC(NC(C)C)(C(N)=O)C2)n1. The Kier molecular flexibility index (Phi) is 3.67. The summed E-state index contributed by atoms with van der Waals surface area (Å²) in [6, 6.07) is 2.57. The van der Waals surface area contributed by atoms with E-state index in [9.17, 15) is 4.79 Å². The number of rotatable bonds is 4. The van der Waals surface area contributed by atoms with Crippen molar-refractivity contribution in [3.63, 3.8) is 0 Å². The third-order valence-corrected chi connectivity index (χ3v) is 3.92. The van der Waals surface area contributed by atoms with Gasteiger partial charge < -0.3 is 11.1 Å². The third-order valence-electron chi connectivity index (χ3n) is 3.92. The Bertz CT molecular complexity index is 480. The number of carbonyl (C=O) groups is 1. The van der Waals surface area contributed by atoms with E-state index in [0.29, 0.717) is 0 Å². The molecule has 2 atom stereocenters. The van der Waals surface area contributed by atoms with Crippen LogP contribution >= 0.6 is 0 Å². The van der Waals surface area contributed by atoms with Gasteiger partial charge in [-0.2, -0.15) is 5.10 Å². The highest BCUT2D eigenvalue weighted by atomic mass is 16.1. The lowest BCUT2D eigenvalue weighted by Gasteiger charge is -2.29. The molecule has 1 saturated carbocycles. The van der Waals surface area contributed by atoms with E-state index in [1.54, 1.807) is 0 Å². The van der Waals surface area contributed by atoms with E-state index >= 15 is 0 Å². The number of hydrogen-bond acceptors (Lipinski definition) is 3. The smallest absolute Gasteiger partial charge is 0.237 e. The zero-order valence-corrected chi connectivity index (χ0v) is 12.2. The molecule has 1 amide bonds. The molecule has 1 aromatic heterocycles. The molecule has 3 N–H and O–H groups in total. The summed E-state index contributed by atoms with van der Waals surface area (Å²) in [5.74, 6) is -0.245. The summed E-state index contributed by atoms with van der Waals surface area (Å²) in [4.78, 5) is 11.9. The van der Waals surface area contributed by atoms with Crippen LogP contribution in [0.25, 0.3) is 0 Å². The van der Waals surface area contributed by atoms with E-state index in [0.717, 1.165) is 30.7 Å². The van der Waals surface area contributed by atoms with E-state index in [1.165, 1.54) is 0 Å². The first-order chi connectivity index (χ1) is 8.84.